The number of hydrogen-bond donors (Lipinski definition) is 3. The number of nitrogens with one attached hydrogen (secondary N) is 1. The first-order valence-corrected chi connectivity index (χ1v) is 9.96. The number of benzene rings is 2. The maximum absolute atomic E-state index is 13.2. The fraction of sp³-hybridized carbons (Fsp3) is 0.250. The number of primary amides is 1. The zero-order valence-corrected chi connectivity index (χ0v) is 17.6. The van der Waals surface area contributed by atoms with E-state index in [-0.39, 0.29) is 30.3 Å². The van der Waals surface area contributed by atoms with Crippen LogP contribution in [0.5, 0.6) is 5.75 Å². The molecule has 0 fully saturated rings. The fourth-order valence-corrected chi connectivity index (χ4v) is 3.20. The summed E-state index contributed by atoms with van der Waals surface area (Å²) in [7, 11) is 0. The van der Waals surface area contributed by atoms with Gasteiger partial charge in [-0.25, -0.2) is 4.39 Å². The number of rotatable bonds is 8. The van der Waals surface area contributed by atoms with E-state index < -0.39 is 29.8 Å². The van der Waals surface area contributed by atoms with Crippen molar-refractivity contribution in [2.75, 3.05) is 18.2 Å². The van der Waals surface area contributed by atoms with Crippen molar-refractivity contribution < 1.29 is 23.8 Å². The molecule has 4 N–H and O–H groups in total. The van der Waals surface area contributed by atoms with Crippen LogP contribution >= 0.6 is 23.2 Å². The Labute approximate surface area is 187 Å². The molecule has 2 aromatic rings. The van der Waals surface area contributed by atoms with E-state index in [0.717, 1.165) is 0 Å². The minimum Gasteiger partial charge on any atom is -0.489 e. The predicted molar refractivity (Wildman–Crippen MR) is 115 cm³/mol. The number of nitrogens with two attached hydrogens (primary N) is 1. The Morgan fingerprint density at radius 2 is 2.00 bits per heavy atom. The summed E-state index contributed by atoms with van der Waals surface area (Å²) in [6.45, 7) is -0.272. The summed E-state index contributed by atoms with van der Waals surface area (Å²) in [6.07, 6.45) is -1.07. The quantitative estimate of drug-likeness (QED) is 0.548. The molecular formula is C20H19Cl2FN4O4. The van der Waals surface area contributed by atoms with Gasteiger partial charge in [0.15, 0.2) is 0 Å². The number of amides is 2. The Morgan fingerprint density at radius 1 is 1.29 bits per heavy atom. The Kier molecular flexibility index (Phi) is 7.32. The highest BCUT2D eigenvalue weighted by Gasteiger charge is 2.35. The average molecular weight is 469 g/mol. The SMILES string of the molecule is NC(=O)C1CC(C(=O)NCC(O)COc2cccc(Cl)c2Cl)=NN1c1ccc(F)cc1. The van der Waals surface area contributed by atoms with Gasteiger partial charge in [0.05, 0.1) is 10.7 Å². The molecule has 0 saturated carbocycles. The van der Waals surface area contributed by atoms with E-state index in [0.29, 0.717) is 16.5 Å². The van der Waals surface area contributed by atoms with E-state index in [1.807, 2.05) is 0 Å². The van der Waals surface area contributed by atoms with Crippen molar-refractivity contribution in [3.8, 4) is 5.75 Å². The molecule has 1 aliphatic heterocycles. The molecule has 2 unspecified atom stereocenters. The Balaban J connectivity index is 1.58. The lowest BCUT2D eigenvalue weighted by Gasteiger charge is -2.20. The molecule has 8 nitrogen and oxygen atoms in total. The minimum absolute atomic E-state index is 0.0245. The summed E-state index contributed by atoms with van der Waals surface area (Å²) >= 11 is 11.9. The first-order chi connectivity index (χ1) is 14.8. The standard InChI is InChI=1S/C20H19Cl2FN4O4/c21-14-2-1-3-17(18(14)22)31-10-13(28)9-25-20(30)15-8-16(19(24)29)27(26-15)12-6-4-11(23)5-7-12/h1-7,13,16,28H,8-10H2,(H2,24,29)(H,25,30). The first-order valence-electron chi connectivity index (χ1n) is 9.21. The maximum Gasteiger partial charge on any atom is 0.267 e. The van der Waals surface area contributed by atoms with Gasteiger partial charge in [0, 0.05) is 13.0 Å². The van der Waals surface area contributed by atoms with Crippen LogP contribution in [0.4, 0.5) is 10.1 Å². The number of ether oxygens (including phenoxy) is 1. The molecule has 0 radical (unpaired) electrons. The molecule has 31 heavy (non-hydrogen) atoms. The second-order valence-corrected chi connectivity index (χ2v) is 7.50. The van der Waals surface area contributed by atoms with E-state index in [2.05, 4.69) is 10.4 Å². The van der Waals surface area contributed by atoms with E-state index in [4.69, 9.17) is 33.7 Å². The van der Waals surface area contributed by atoms with Crippen molar-refractivity contribution >= 4 is 46.4 Å². The molecule has 0 spiro atoms. The van der Waals surface area contributed by atoms with Crippen molar-refractivity contribution in [2.24, 2.45) is 10.8 Å². The second kappa shape index (κ2) is 9.95. The second-order valence-electron chi connectivity index (χ2n) is 6.72. The highest BCUT2D eigenvalue weighted by molar-refractivity contribution is 6.43. The minimum atomic E-state index is -1.04. The third-order valence-electron chi connectivity index (χ3n) is 4.44. The van der Waals surface area contributed by atoms with Gasteiger partial charge in [-0.15, -0.1) is 0 Å². The van der Waals surface area contributed by atoms with Crippen LogP contribution in [0.1, 0.15) is 6.42 Å². The van der Waals surface area contributed by atoms with Crippen molar-refractivity contribution in [3.05, 3.63) is 58.3 Å². The molecule has 0 aliphatic carbocycles. The van der Waals surface area contributed by atoms with Gasteiger partial charge in [0.25, 0.3) is 5.91 Å². The van der Waals surface area contributed by atoms with Crippen LogP contribution in [0.15, 0.2) is 47.6 Å². The van der Waals surface area contributed by atoms with Crippen LogP contribution in [-0.2, 0) is 9.59 Å². The Morgan fingerprint density at radius 3 is 2.68 bits per heavy atom. The average Bonchev–Trinajstić information content (AvgIpc) is 3.19. The van der Waals surface area contributed by atoms with E-state index in [1.54, 1.807) is 18.2 Å². The van der Waals surface area contributed by atoms with Crippen LogP contribution in [0.3, 0.4) is 0 Å². The molecule has 0 bridgehead atoms. The number of hydrazone groups is 1. The number of aliphatic hydroxyl groups is 1. The number of halogens is 3. The summed E-state index contributed by atoms with van der Waals surface area (Å²) in [5.74, 6) is -1.40. The lowest BCUT2D eigenvalue weighted by Crippen LogP contribution is -2.41. The predicted octanol–water partition coefficient (Wildman–Crippen LogP) is 2.11. The van der Waals surface area contributed by atoms with E-state index >= 15 is 0 Å². The molecule has 2 amide bonds. The molecular weight excluding hydrogens is 450 g/mol. The molecule has 0 aromatic heterocycles. The largest absolute Gasteiger partial charge is 0.489 e. The van der Waals surface area contributed by atoms with Crippen molar-refractivity contribution in [2.45, 2.75) is 18.6 Å². The topological polar surface area (TPSA) is 117 Å². The number of aliphatic hydroxyl groups excluding tert-OH is 1. The van der Waals surface area contributed by atoms with Gasteiger partial charge in [0.1, 0.15) is 41.1 Å². The zero-order chi connectivity index (χ0) is 22.5. The summed E-state index contributed by atoms with van der Waals surface area (Å²) in [5, 5.41) is 18.6. The maximum atomic E-state index is 13.2. The number of nitrogens with zero attached hydrogens (tertiary/aromatic N) is 2. The third kappa shape index (κ3) is 5.63. The highest BCUT2D eigenvalue weighted by Crippen LogP contribution is 2.31. The summed E-state index contributed by atoms with van der Waals surface area (Å²) in [5.41, 5.74) is 5.89. The molecule has 1 heterocycles. The number of hydrogen-bond acceptors (Lipinski definition) is 6. The Hall–Kier alpha value is -2.88. The highest BCUT2D eigenvalue weighted by atomic mass is 35.5. The van der Waals surface area contributed by atoms with Gasteiger partial charge < -0.3 is 20.9 Å². The molecule has 11 heteroatoms. The van der Waals surface area contributed by atoms with Crippen molar-refractivity contribution in [1.82, 2.24) is 5.32 Å². The summed E-state index contributed by atoms with van der Waals surface area (Å²) in [6, 6.07) is 9.25. The van der Waals surface area contributed by atoms with Gasteiger partial charge >= 0.3 is 0 Å². The van der Waals surface area contributed by atoms with Gasteiger partial charge in [0.2, 0.25) is 5.91 Å². The molecule has 3 rings (SSSR count). The summed E-state index contributed by atoms with van der Waals surface area (Å²) in [4.78, 5) is 24.2. The first kappa shape index (κ1) is 22.8. The normalized spacial score (nSPS) is 16.6. The van der Waals surface area contributed by atoms with Crippen LogP contribution < -0.4 is 20.8 Å². The Bertz CT molecular complexity index is 1000. The van der Waals surface area contributed by atoms with Gasteiger partial charge in [-0.2, -0.15) is 5.10 Å². The number of carbonyl (C=O) groups is 2. The number of anilines is 1. The third-order valence-corrected chi connectivity index (χ3v) is 5.24. The monoisotopic (exact) mass is 468 g/mol. The van der Waals surface area contributed by atoms with E-state index in [9.17, 15) is 19.1 Å². The lowest BCUT2D eigenvalue weighted by molar-refractivity contribution is -0.119. The van der Waals surface area contributed by atoms with Crippen molar-refractivity contribution in [1.29, 1.82) is 0 Å². The fourth-order valence-electron chi connectivity index (χ4n) is 2.85. The molecule has 0 saturated heterocycles. The van der Waals surface area contributed by atoms with Crippen molar-refractivity contribution in [3.63, 3.8) is 0 Å². The van der Waals surface area contributed by atoms with E-state index in [1.165, 1.54) is 29.3 Å². The molecule has 164 valence electrons. The van der Waals surface area contributed by atoms with Crippen LogP contribution in [0.2, 0.25) is 10.0 Å². The molecule has 2 atom stereocenters. The van der Waals surface area contributed by atoms with Crippen LogP contribution in [0, 0.1) is 5.82 Å². The van der Waals surface area contributed by atoms with Gasteiger partial charge in [-0.05, 0) is 36.4 Å². The summed E-state index contributed by atoms with van der Waals surface area (Å²) < 4.78 is 18.6. The molecule has 1 aliphatic rings. The van der Waals surface area contributed by atoms with Crippen LogP contribution in [-0.4, -0.2) is 47.9 Å². The van der Waals surface area contributed by atoms with Gasteiger partial charge in [-0.1, -0.05) is 29.3 Å². The molecule has 2 aromatic carbocycles. The lowest BCUT2D eigenvalue weighted by atomic mass is 10.1. The number of carbonyl (C=O) groups excluding carboxylic acids is 2. The smallest absolute Gasteiger partial charge is 0.267 e. The van der Waals surface area contributed by atoms with Gasteiger partial charge in [-0.3, -0.25) is 14.6 Å². The zero-order valence-electron chi connectivity index (χ0n) is 16.1. The van der Waals surface area contributed by atoms with Crippen LogP contribution in [0.25, 0.3) is 0 Å².